The fourth-order valence-corrected chi connectivity index (χ4v) is 5.30. The maximum Gasteiger partial charge on any atom is 0.151 e. The molecule has 1 fully saturated rings. The number of fused-ring (bicyclic) bond motifs is 1. The molecule has 35 heavy (non-hydrogen) atoms. The molecule has 0 aliphatic carbocycles. The number of aromatic hydroxyl groups is 1. The third kappa shape index (κ3) is 5.09. The lowest BCUT2D eigenvalue weighted by Gasteiger charge is -2.49. The van der Waals surface area contributed by atoms with Gasteiger partial charge in [-0.3, -0.25) is 4.98 Å². The molecule has 0 saturated carbocycles. The highest BCUT2D eigenvalue weighted by Gasteiger charge is 2.39. The Balaban J connectivity index is 0.00000289. The third-order valence-corrected chi connectivity index (χ3v) is 6.59. The summed E-state index contributed by atoms with van der Waals surface area (Å²) in [6.07, 6.45) is 9.14. The number of anilines is 1. The summed E-state index contributed by atoms with van der Waals surface area (Å²) in [6, 6.07) is 9.85. The van der Waals surface area contributed by atoms with E-state index in [4.69, 9.17) is 0 Å². The van der Waals surface area contributed by atoms with Crippen molar-refractivity contribution in [3.8, 4) is 22.7 Å². The fraction of sp³-hybridized carbons (Fsp3) is 0.385. The molecule has 0 atom stereocenters. The van der Waals surface area contributed by atoms with Crippen LogP contribution in [0.25, 0.3) is 27.8 Å². The van der Waals surface area contributed by atoms with Gasteiger partial charge in [-0.05, 0) is 64.8 Å². The quantitative estimate of drug-likeness (QED) is 0.423. The molecule has 1 saturated heterocycles. The number of phenolic OH excluding ortho intramolecular Hbond substituents is 1. The van der Waals surface area contributed by atoms with Crippen molar-refractivity contribution in [3.05, 3.63) is 55.2 Å². The molecular formula is C26H32ClN7O. The van der Waals surface area contributed by atoms with E-state index in [1.807, 2.05) is 35.0 Å². The van der Waals surface area contributed by atoms with Crippen molar-refractivity contribution >= 4 is 29.1 Å². The molecule has 1 aliphatic rings. The second kappa shape index (κ2) is 9.09. The van der Waals surface area contributed by atoms with Crippen LogP contribution in [-0.2, 0) is 0 Å². The maximum absolute atomic E-state index is 10.7. The molecule has 0 bridgehead atoms. The van der Waals surface area contributed by atoms with E-state index in [1.54, 1.807) is 24.8 Å². The molecule has 1 aliphatic heterocycles. The van der Waals surface area contributed by atoms with Gasteiger partial charge in [-0.1, -0.05) is 0 Å². The van der Waals surface area contributed by atoms with Gasteiger partial charge in [0.1, 0.15) is 5.75 Å². The maximum atomic E-state index is 10.7. The van der Waals surface area contributed by atoms with Crippen molar-refractivity contribution in [1.29, 1.82) is 0 Å². The number of rotatable bonds is 4. The molecular weight excluding hydrogens is 462 g/mol. The smallest absolute Gasteiger partial charge is 0.151 e. The first-order chi connectivity index (χ1) is 16.1. The minimum Gasteiger partial charge on any atom is -0.507 e. The molecule has 9 heteroatoms. The number of halogens is 1. The highest BCUT2D eigenvalue weighted by molar-refractivity contribution is 5.88. The molecule has 1 aromatic carbocycles. The normalized spacial score (nSPS) is 17.2. The van der Waals surface area contributed by atoms with E-state index in [9.17, 15) is 5.11 Å². The van der Waals surface area contributed by atoms with Gasteiger partial charge in [-0.2, -0.15) is 0 Å². The van der Waals surface area contributed by atoms with E-state index in [2.05, 4.69) is 65.1 Å². The number of hydrogen-bond donors (Lipinski definition) is 2. The Morgan fingerprint density at radius 3 is 2.43 bits per heavy atom. The lowest BCUT2D eigenvalue weighted by Crippen LogP contribution is -2.62. The number of nitrogens with one attached hydrogen (secondary N) is 1. The van der Waals surface area contributed by atoms with Crippen LogP contribution in [0.2, 0.25) is 0 Å². The zero-order valence-corrected chi connectivity index (χ0v) is 21.5. The molecule has 0 spiro atoms. The van der Waals surface area contributed by atoms with Crippen LogP contribution in [0.3, 0.4) is 0 Å². The van der Waals surface area contributed by atoms with Gasteiger partial charge in [0.05, 0.1) is 29.4 Å². The molecule has 5 rings (SSSR count). The van der Waals surface area contributed by atoms with Crippen LogP contribution in [0.4, 0.5) is 5.82 Å². The SMILES string of the molecule is CN(c1ccc(-c2cc3cc(-n4ccnc4)cnc3cc2O)nn1)C1CC(C)(C)NC(C)(C)C1.Cl. The Labute approximate surface area is 211 Å². The molecule has 0 unspecified atom stereocenters. The van der Waals surface area contributed by atoms with Gasteiger partial charge >= 0.3 is 0 Å². The van der Waals surface area contributed by atoms with E-state index < -0.39 is 0 Å². The second-order valence-electron chi connectivity index (χ2n) is 10.6. The van der Waals surface area contributed by atoms with Gasteiger partial charge in [0.2, 0.25) is 0 Å². The number of benzene rings is 1. The number of phenols is 1. The van der Waals surface area contributed by atoms with Crippen molar-refractivity contribution in [2.24, 2.45) is 0 Å². The summed E-state index contributed by atoms with van der Waals surface area (Å²) in [4.78, 5) is 10.8. The van der Waals surface area contributed by atoms with Gasteiger partial charge in [0.15, 0.2) is 5.82 Å². The van der Waals surface area contributed by atoms with E-state index in [1.165, 1.54) is 0 Å². The summed E-state index contributed by atoms with van der Waals surface area (Å²) in [6.45, 7) is 9.00. The van der Waals surface area contributed by atoms with Gasteiger partial charge in [-0.15, -0.1) is 22.6 Å². The number of nitrogens with zero attached hydrogens (tertiary/aromatic N) is 6. The Morgan fingerprint density at radius 1 is 1.06 bits per heavy atom. The summed E-state index contributed by atoms with van der Waals surface area (Å²) >= 11 is 0. The van der Waals surface area contributed by atoms with Gasteiger partial charge in [0.25, 0.3) is 0 Å². The Kier molecular flexibility index (Phi) is 6.46. The van der Waals surface area contributed by atoms with Crippen molar-refractivity contribution in [1.82, 2.24) is 30.0 Å². The lowest BCUT2D eigenvalue weighted by molar-refractivity contribution is 0.160. The van der Waals surface area contributed by atoms with Crippen molar-refractivity contribution < 1.29 is 5.11 Å². The lowest BCUT2D eigenvalue weighted by atomic mass is 9.79. The topological polar surface area (TPSA) is 92.0 Å². The zero-order chi connectivity index (χ0) is 24.1. The van der Waals surface area contributed by atoms with Crippen LogP contribution in [0.15, 0.2) is 55.2 Å². The molecule has 0 radical (unpaired) electrons. The minimum atomic E-state index is 0. The summed E-state index contributed by atoms with van der Waals surface area (Å²) in [5.41, 5.74) is 2.96. The standard InChI is InChI=1S/C26H31N7O.ClH/c1-25(2)13-19(14-26(3,4)31-25)32(5)24-7-6-21(29-30-24)20-11-17-10-18(33-9-8-27-16-33)15-28-22(17)12-23(20)34;/h6-12,15-16,19,31,34H,13-14H2,1-5H3;1H. The van der Waals surface area contributed by atoms with E-state index >= 15 is 0 Å². The monoisotopic (exact) mass is 493 g/mol. The van der Waals surface area contributed by atoms with Gasteiger partial charge in [0, 0.05) is 53.6 Å². The average molecular weight is 494 g/mol. The number of imidazole rings is 1. The summed E-state index contributed by atoms with van der Waals surface area (Å²) in [5, 5.41) is 24.3. The van der Waals surface area contributed by atoms with Crippen LogP contribution in [0.1, 0.15) is 40.5 Å². The van der Waals surface area contributed by atoms with Crippen molar-refractivity contribution in [2.75, 3.05) is 11.9 Å². The minimum absolute atomic E-state index is 0. The molecule has 4 heterocycles. The zero-order valence-electron chi connectivity index (χ0n) is 20.7. The molecule has 2 N–H and O–H groups in total. The van der Waals surface area contributed by atoms with Gasteiger partial charge in [-0.25, -0.2) is 4.98 Å². The fourth-order valence-electron chi connectivity index (χ4n) is 5.30. The van der Waals surface area contributed by atoms with Crippen LogP contribution in [-0.4, -0.2) is 54.0 Å². The first-order valence-corrected chi connectivity index (χ1v) is 11.6. The summed E-state index contributed by atoms with van der Waals surface area (Å²) < 4.78 is 1.90. The van der Waals surface area contributed by atoms with Crippen molar-refractivity contribution in [2.45, 2.75) is 57.7 Å². The van der Waals surface area contributed by atoms with Gasteiger partial charge < -0.3 is 19.9 Å². The first kappa shape index (κ1) is 24.9. The predicted octanol–water partition coefficient (Wildman–Crippen LogP) is 4.75. The van der Waals surface area contributed by atoms with E-state index in [0.29, 0.717) is 22.8 Å². The second-order valence-corrected chi connectivity index (χ2v) is 10.6. The third-order valence-electron chi connectivity index (χ3n) is 6.59. The molecule has 3 aromatic heterocycles. The number of hydrogen-bond acceptors (Lipinski definition) is 7. The molecule has 0 amide bonds. The highest BCUT2D eigenvalue weighted by Crippen LogP contribution is 2.35. The highest BCUT2D eigenvalue weighted by atomic mass is 35.5. The largest absolute Gasteiger partial charge is 0.507 e. The van der Waals surface area contributed by atoms with E-state index in [0.717, 1.165) is 29.7 Å². The predicted molar refractivity (Wildman–Crippen MR) is 142 cm³/mol. The average Bonchev–Trinajstić information content (AvgIpc) is 3.31. The number of pyridine rings is 1. The van der Waals surface area contributed by atoms with Crippen molar-refractivity contribution in [3.63, 3.8) is 0 Å². The first-order valence-electron chi connectivity index (χ1n) is 11.6. The van der Waals surface area contributed by atoms with Crippen LogP contribution in [0.5, 0.6) is 5.75 Å². The van der Waals surface area contributed by atoms with E-state index in [-0.39, 0.29) is 29.2 Å². The molecule has 184 valence electrons. The Morgan fingerprint density at radius 2 is 1.80 bits per heavy atom. The Hall–Kier alpha value is -3.23. The van der Waals surface area contributed by atoms with Crippen LogP contribution < -0.4 is 10.2 Å². The molecule has 8 nitrogen and oxygen atoms in total. The van der Waals surface area contributed by atoms with Crippen LogP contribution >= 0.6 is 12.4 Å². The Bertz CT molecular complexity index is 1300. The molecule has 4 aromatic rings. The van der Waals surface area contributed by atoms with Crippen LogP contribution in [0, 0.1) is 0 Å². The number of piperidine rings is 1. The summed E-state index contributed by atoms with van der Waals surface area (Å²) in [7, 11) is 2.09. The summed E-state index contributed by atoms with van der Waals surface area (Å²) in [5.74, 6) is 0.958. The number of aromatic nitrogens is 5.